The van der Waals surface area contributed by atoms with Crippen LogP contribution in [0.5, 0.6) is 0 Å². The number of hydrogen-bond acceptors (Lipinski definition) is 3. The van der Waals surface area contributed by atoms with Crippen LogP contribution in [-0.2, 0) is 15.1 Å². The van der Waals surface area contributed by atoms with Crippen molar-refractivity contribution in [2.45, 2.75) is 24.9 Å². The minimum atomic E-state index is -0.809. The van der Waals surface area contributed by atoms with E-state index in [1.165, 1.54) is 0 Å². The molecule has 0 aromatic heterocycles. The molecule has 4 heteroatoms. The smallest absolute Gasteiger partial charge is 0.305 e. The van der Waals surface area contributed by atoms with Gasteiger partial charge in [-0.3, -0.25) is 4.79 Å². The standard InChI is InChI=1S/C15H21NO3/c1-16-10-8-15(9-11-16,19-12-7-14(17)18)13-5-3-2-4-6-13/h2-6H,7-12H2,1H3,(H,17,18). The molecule has 0 saturated carbocycles. The Morgan fingerprint density at radius 2 is 1.95 bits per heavy atom. The molecule has 1 heterocycles. The van der Waals surface area contributed by atoms with Crippen LogP contribution in [0.25, 0.3) is 0 Å². The average molecular weight is 263 g/mol. The molecule has 1 N–H and O–H groups in total. The highest BCUT2D eigenvalue weighted by Gasteiger charge is 2.36. The summed E-state index contributed by atoms with van der Waals surface area (Å²) in [5.41, 5.74) is 0.844. The van der Waals surface area contributed by atoms with E-state index in [4.69, 9.17) is 9.84 Å². The molecule has 1 aromatic carbocycles. The van der Waals surface area contributed by atoms with Gasteiger partial charge in [0.2, 0.25) is 0 Å². The number of likely N-dealkylation sites (tertiary alicyclic amines) is 1. The van der Waals surface area contributed by atoms with Gasteiger partial charge in [-0.2, -0.15) is 0 Å². The second kappa shape index (κ2) is 6.17. The molecule has 1 saturated heterocycles. The van der Waals surface area contributed by atoms with Crippen LogP contribution in [0.4, 0.5) is 0 Å². The fourth-order valence-electron chi connectivity index (χ4n) is 2.57. The highest BCUT2D eigenvalue weighted by Crippen LogP contribution is 2.36. The summed E-state index contributed by atoms with van der Waals surface area (Å²) >= 11 is 0. The van der Waals surface area contributed by atoms with Crippen molar-refractivity contribution >= 4 is 5.97 Å². The number of ether oxygens (including phenoxy) is 1. The zero-order chi connectivity index (χ0) is 13.7. The fourth-order valence-corrected chi connectivity index (χ4v) is 2.57. The Kier molecular flexibility index (Phi) is 4.56. The van der Waals surface area contributed by atoms with Crippen molar-refractivity contribution < 1.29 is 14.6 Å². The molecule has 1 fully saturated rings. The molecule has 0 aliphatic carbocycles. The number of hydrogen-bond donors (Lipinski definition) is 1. The van der Waals surface area contributed by atoms with E-state index in [1.807, 2.05) is 18.2 Å². The third kappa shape index (κ3) is 3.55. The van der Waals surface area contributed by atoms with Gasteiger partial charge in [-0.05, 0) is 25.5 Å². The van der Waals surface area contributed by atoms with Crippen molar-refractivity contribution in [1.29, 1.82) is 0 Å². The van der Waals surface area contributed by atoms with Crippen LogP contribution in [0, 0.1) is 0 Å². The van der Waals surface area contributed by atoms with E-state index in [9.17, 15) is 4.79 Å². The lowest BCUT2D eigenvalue weighted by Crippen LogP contribution is -2.43. The fraction of sp³-hybridized carbons (Fsp3) is 0.533. The molecule has 4 nitrogen and oxygen atoms in total. The Morgan fingerprint density at radius 1 is 1.32 bits per heavy atom. The summed E-state index contributed by atoms with van der Waals surface area (Å²) in [6, 6.07) is 10.2. The zero-order valence-electron chi connectivity index (χ0n) is 11.3. The van der Waals surface area contributed by atoms with Crippen LogP contribution in [0.1, 0.15) is 24.8 Å². The summed E-state index contributed by atoms with van der Waals surface area (Å²) in [5, 5.41) is 8.75. The molecule has 1 aromatic rings. The number of aliphatic carboxylic acids is 1. The van der Waals surface area contributed by atoms with Crippen molar-refractivity contribution in [3.05, 3.63) is 35.9 Å². The number of piperidine rings is 1. The first kappa shape index (κ1) is 14.0. The lowest BCUT2D eigenvalue weighted by molar-refractivity contribution is -0.142. The number of carboxylic acid groups (broad SMARTS) is 1. The van der Waals surface area contributed by atoms with Crippen LogP contribution in [0.2, 0.25) is 0 Å². The van der Waals surface area contributed by atoms with Crippen LogP contribution < -0.4 is 0 Å². The Morgan fingerprint density at radius 3 is 2.53 bits per heavy atom. The Balaban J connectivity index is 2.11. The zero-order valence-corrected chi connectivity index (χ0v) is 11.3. The summed E-state index contributed by atoms with van der Waals surface area (Å²) in [6.07, 6.45) is 1.88. The lowest BCUT2D eigenvalue weighted by Gasteiger charge is -2.41. The largest absolute Gasteiger partial charge is 0.481 e. The van der Waals surface area contributed by atoms with E-state index in [2.05, 4.69) is 24.1 Å². The van der Waals surface area contributed by atoms with E-state index in [1.54, 1.807) is 0 Å². The van der Waals surface area contributed by atoms with Gasteiger partial charge in [0.15, 0.2) is 0 Å². The molecular weight excluding hydrogens is 242 g/mol. The summed E-state index contributed by atoms with van der Waals surface area (Å²) in [7, 11) is 2.10. The SMILES string of the molecule is CN1CCC(OCCC(=O)O)(c2ccccc2)CC1. The molecule has 2 rings (SSSR count). The summed E-state index contributed by atoms with van der Waals surface area (Å²) in [4.78, 5) is 12.9. The molecule has 0 radical (unpaired) electrons. The van der Waals surface area contributed by atoms with Crippen molar-refractivity contribution in [3.63, 3.8) is 0 Å². The third-order valence-corrected chi connectivity index (χ3v) is 3.79. The van der Waals surface area contributed by atoms with E-state index >= 15 is 0 Å². The highest BCUT2D eigenvalue weighted by molar-refractivity contribution is 5.66. The normalized spacial score (nSPS) is 19.2. The second-order valence-corrected chi connectivity index (χ2v) is 5.16. The second-order valence-electron chi connectivity index (χ2n) is 5.16. The first-order valence-corrected chi connectivity index (χ1v) is 6.72. The van der Waals surface area contributed by atoms with Gasteiger partial charge >= 0.3 is 5.97 Å². The summed E-state index contributed by atoms with van der Waals surface area (Å²) in [5.74, 6) is -0.809. The number of rotatable bonds is 5. The minimum Gasteiger partial charge on any atom is -0.481 e. The molecule has 0 unspecified atom stereocenters. The topological polar surface area (TPSA) is 49.8 Å². The molecule has 0 atom stereocenters. The minimum absolute atomic E-state index is 0.0599. The number of carbonyl (C=O) groups is 1. The van der Waals surface area contributed by atoms with Crippen molar-refractivity contribution in [2.24, 2.45) is 0 Å². The monoisotopic (exact) mass is 263 g/mol. The lowest BCUT2D eigenvalue weighted by atomic mass is 9.84. The van der Waals surface area contributed by atoms with Gasteiger partial charge in [-0.25, -0.2) is 0 Å². The van der Waals surface area contributed by atoms with Gasteiger partial charge in [0.1, 0.15) is 0 Å². The maximum atomic E-state index is 10.6. The molecule has 0 bridgehead atoms. The van der Waals surface area contributed by atoms with Gasteiger partial charge < -0.3 is 14.7 Å². The first-order valence-electron chi connectivity index (χ1n) is 6.72. The number of nitrogens with zero attached hydrogens (tertiary/aromatic N) is 1. The predicted octanol–water partition coefficient (Wildman–Crippen LogP) is 2.10. The van der Waals surface area contributed by atoms with Crippen molar-refractivity contribution in [3.8, 4) is 0 Å². The maximum Gasteiger partial charge on any atom is 0.305 e. The molecular formula is C15H21NO3. The van der Waals surface area contributed by atoms with E-state index < -0.39 is 5.97 Å². The number of carboxylic acids is 1. The van der Waals surface area contributed by atoms with Gasteiger partial charge in [0.05, 0.1) is 18.6 Å². The van der Waals surface area contributed by atoms with E-state index in [-0.39, 0.29) is 18.6 Å². The molecule has 19 heavy (non-hydrogen) atoms. The van der Waals surface area contributed by atoms with Crippen molar-refractivity contribution in [1.82, 2.24) is 4.90 Å². The molecule has 0 spiro atoms. The quantitative estimate of drug-likeness (QED) is 0.884. The van der Waals surface area contributed by atoms with Gasteiger partial charge in [0, 0.05) is 13.1 Å². The van der Waals surface area contributed by atoms with Gasteiger partial charge in [-0.1, -0.05) is 30.3 Å². The maximum absolute atomic E-state index is 10.6. The van der Waals surface area contributed by atoms with Gasteiger partial charge in [0.25, 0.3) is 0 Å². The van der Waals surface area contributed by atoms with Crippen LogP contribution in [0.15, 0.2) is 30.3 Å². The summed E-state index contributed by atoms with van der Waals surface area (Å²) in [6.45, 7) is 2.22. The Bertz CT molecular complexity index is 411. The molecule has 1 aliphatic rings. The highest BCUT2D eigenvalue weighted by atomic mass is 16.5. The van der Waals surface area contributed by atoms with E-state index in [0.717, 1.165) is 31.5 Å². The average Bonchev–Trinajstić information content (AvgIpc) is 2.42. The van der Waals surface area contributed by atoms with Gasteiger partial charge in [-0.15, -0.1) is 0 Å². The Hall–Kier alpha value is -1.39. The van der Waals surface area contributed by atoms with Crippen LogP contribution >= 0.6 is 0 Å². The van der Waals surface area contributed by atoms with Crippen molar-refractivity contribution in [2.75, 3.05) is 26.7 Å². The Labute approximate surface area is 114 Å². The number of benzene rings is 1. The van der Waals surface area contributed by atoms with Crippen LogP contribution in [0.3, 0.4) is 0 Å². The summed E-state index contributed by atoms with van der Waals surface area (Å²) < 4.78 is 6.01. The first-order chi connectivity index (χ1) is 9.12. The third-order valence-electron chi connectivity index (χ3n) is 3.79. The van der Waals surface area contributed by atoms with E-state index in [0.29, 0.717) is 0 Å². The molecule has 0 amide bonds. The molecule has 1 aliphatic heterocycles. The van der Waals surface area contributed by atoms with Crippen LogP contribution in [-0.4, -0.2) is 42.7 Å². The molecule has 104 valence electrons. The predicted molar refractivity (Wildman–Crippen MR) is 73.1 cm³/mol.